The molecular weight excluding hydrogens is 401 g/mol. The van der Waals surface area contributed by atoms with E-state index in [1.54, 1.807) is 6.20 Å². The van der Waals surface area contributed by atoms with Crippen LogP contribution in [0.2, 0.25) is 0 Å². The van der Waals surface area contributed by atoms with E-state index in [9.17, 15) is 13.2 Å². The number of aromatic nitrogens is 3. The van der Waals surface area contributed by atoms with E-state index in [1.165, 1.54) is 24.1 Å². The molecule has 0 saturated heterocycles. The molecule has 150 valence electrons. The molecule has 0 bridgehead atoms. The third kappa shape index (κ3) is 4.68. The lowest BCUT2D eigenvalue weighted by atomic mass is 10.1. The monoisotopic (exact) mass is 418 g/mol. The number of alkyl halides is 3. The molecule has 9 heteroatoms. The van der Waals surface area contributed by atoms with Crippen LogP contribution >= 0.6 is 11.9 Å². The summed E-state index contributed by atoms with van der Waals surface area (Å²) in [6.07, 6.45) is -0.119. The van der Waals surface area contributed by atoms with Crippen molar-refractivity contribution in [2.24, 2.45) is 0 Å². The summed E-state index contributed by atoms with van der Waals surface area (Å²) in [4.78, 5) is 3.22. The minimum absolute atomic E-state index is 0.368. The van der Waals surface area contributed by atoms with E-state index in [-0.39, 0.29) is 0 Å². The number of H-pyrrole nitrogens is 2. The smallest absolute Gasteiger partial charge is 0.416 e. The van der Waals surface area contributed by atoms with Gasteiger partial charge in [0.15, 0.2) is 0 Å². The highest BCUT2D eigenvalue weighted by atomic mass is 32.2. The lowest BCUT2D eigenvalue weighted by molar-refractivity contribution is -0.137. The quantitative estimate of drug-likeness (QED) is 0.339. The summed E-state index contributed by atoms with van der Waals surface area (Å²) in [6.45, 7) is 0.368. The van der Waals surface area contributed by atoms with Gasteiger partial charge in [-0.25, -0.2) is 0 Å². The van der Waals surface area contributed by atoms with E-state index in [1.807, 2.05) is 24.4 Å². The lowest BCUT2D eigenvalue weighted by Gasteiger charge is -2.09. The number of aromatic amines is 2. The molecule has 0 aliphatic rings. The fourth-order valence-electron chi connectivity index (χ4n) is 2.84. The largest absolute Gasteiger partial charge is 0.493 e. The Morgan fingerprint density at radius 1 is 1.07 bits per heavy atom. The van der Waals surface area contributed by atoms with Crippen molar-refractivity contribution in [3.63, 3.8) is 0 Å². The second-order valence-corrected chi connectivity index (χ2v) is 7.18. The molecule has 0 radical (unpaired) electrons. The van der Waals surface area contributed by atoms with Gasteiger partial charge in [-0.1, -0.05) is 6.07 Å². The van der Waals surface area contributed by atoms with Gasteiger partial charge < -0.3 is 14.4 Å². The SMILES string of the molecule is FC(F)(F)c1ccc(OCCc2ccc3[nH]cc(NSc4ccn[nH]4)c3c2)cc1. The third-order valence-corrected chi connectivity index (χ3v) is 5.10. The number of hydrogen-bond donors (Lipinski definition) is 3. The number of hydrogen-bond acceptors (Lipinski definition) is 4. The third-order valence-electron chi connectivity index (χ3n) is 4.33. The van der Waals surface area contributed by atoms with Crippen molar-refractivity contribution in [3.8, 4) is 5.75 Å². The van der Waals surface area contributed by atoms with Gasteiger partial charge in [0.1, 0.15) is 10.8 Å². The van der Waals surface area contributed by atoms with Crippen LogP contribution in [-0.4, -0.2) is 21.8 Å². The Balaban J connectivity index is 1.37. The van der Waals surface area contributed by atoms with Gasteiger partial charge >= 0.3 is 6.18 Å². The number of nitrogens with zero attached hydrogens (tertiary/aromatic N) is 1. The van der Waals surface area contributed by atoms with Crippen molar-refractivity contribution < 1.29 is 17.9 Å². The number of nitrogens with one attached hydrogen (secondary N) is 3. The van der Waals surface area contributed by atoms with E-state index in [4.69, 9.17) is 4.74 Å². The number of ether oxygens (including phenoxy) is 1. The van der Waals surface area contributed by atoms with Crippen LogP contribution in [0.1, 0.15) is 11.1 Å². The first-order chi connectivity index (χ1) is 14.0. The Morgan fingerprint density at radius 3 is 2.62 bits per heavy atom. The molecule has 0 amide bonds. The molecule has 2 heterocycles. The summed E-state index contributed by atoms with van der Waals surface area (Å²) >= 11 is 1.43. The zero-order valence-corrected chi connectivity index (χ0v) is 15.9. The summed E-state index contributed by atoms with van der Waals surface area (Å²) < 4.78 is 46.7. The topological polar surface area (TPSA) is 65.7 Å². The first-order valence-corrected chi connectivity index (χ1v) is 9.63. The first kappa shape index (κ1) is 19.3. The van der Waals surface area contributed by atoms with Crippen LogP contribution in [0.5, 0.6) is 5.75 Å². The molecule has 4 aromatic rings. The van der Waals surface area contributed by atoms with E-state index < -0.39 is 11.7 Å². The van der Waals surface area contributed by atoms with Gasteiger partial charge in [-0.3, -0.25) is 5.10 Å². The number of benzene rings is 2. The van der Waals surface area contributed by atoms with Crippen LogP contribution in [0, 0.1) is 0 Å². The summed E-state index contributed by atoms with van der Waals surface area (Å²) in [5.41, 5.74) is 2.34. The fourth-order valence-corrected chi connectivity index (χ4v) is 3.46. The molecule has 0 spiro atoms. The zero-order chi connectivity index (χ0) is 20.3. The molecule has 4 rings (SSSR count). The Hall–Kier alpha value is -3.07. The first-order valence-electron chi connectivity index (χ1n) is 8.81. The average molecular weight is 418 g/mol. The van der Waals surface area contributed by atoms with Crippen molar-refractivity contribution in [2.75, 3.05) is 11.3 Å². The molecule has 2 aromatic carbocycles. The van der Waals surface area contributed by atoms with Crippen LogP contribution in [0.4, 0.5) is 18.9 Å². The van der Waals surface area contributed by atoms with Crippen molar-refractivity contribution in [1.29, 1.82) is 0 Å². The molecule has 3 N–H and O–H groups in total. The molecule has 2 aromatic heterocycles. The molecule has 29 heavy (non-hydrogen) atoms. The summed E-state index contributed by atoms with van der Waals surface area (Å²) in [6, 6.07) is 12.7. The van der Waals surface area contributed by atoms with Crippen molar-refractivity contribution in [2.45, 2.75) is 17.6 Å². The van der Waals surface area contributed by atoms with Gasteiger partial charge in [0, 0.05) is 41.7 Å². The van der Waals surface area contributed by atoms with Gasteiger partial charge in [0.05, 0.1) is 17.9 Å². The van der Waals surface area contributed by atoms with Gasteiger partial charge in [0.2, 0.25) is 0 Å². The number of halogens is 3. The van der Waals surface area contributed by atoms with Crippen molar-refractivity contribution >= 4 is 28.5 Å². The normalized spacial score (nSPS) is 11.7. The van der Waals surface area contributed by atoms with Crippen LogP contribution in [-0.2, 0) is 12.6 Å². The van der Waals surface area contributed by atoms with Crippen molar-refractivity contribution in [3.05, 3.63) is 72.1 Å². The summed E-state index contributed by atoms with van der Waals surface area (Å²) in [5, 5.41) is 8.73. The Kier molecular flexibility index (Phi) is 5.39. The van der Waals surface area contributed by atoms with Crippen LogP contribution in [0.15, 0.2) is 66.0 Å². The predicted molar refractivity (Wildman–Crippen MR) is 107 cm³/mol. The number of anilines is 1. The predicted octanol–water partition coefficient (Wildman–Crippen LogP) is 5.65. The highest BCUT2D eigenvalue weighted by molar-refractivity contribution is 8.00. The fraction of sp³-hybridized carbons (Fsp3) is 0.150. The van der Waals surface area contributed by atoms with E-state index in [0.29, 0.717) is 18.8 Å². The molecular formula is C20H17F3N4OS. The molecule has 0 unspecified atom stereocenters. The van der Waals surface area contributed by atoms with E-state index >= 15 is 0 Å². The van der Waals surface area contributed by atoms with Gasteiger partial charge in [-0.2, -0.15) is 18.3 Å². The second-order valence-electron chi connectivity index (χ2n) is 6.33. The highest BCUT2D eigenvalue weighted by Crippen LogP contribution is 2.31. The Labute approximate surface area is 168 Å². The van der Waals surface area contributed by atoms with Crippen LogP contribution in [0.3, 0.4) is 0 Å². The minimum Gasteiger partial charge on any atom is -0.493 e. The summed E-state index contributed by atoms with van der Waals surface area (Å²) in [7, 11) is 0. The molecule has 0 fully saturated rings. The van der Waals surface area contributed by atoms with E-state index in [2.05, 4.69) is 26.0 Å². The maximum Gasteiger partial charge on any atom is 0.416 e. The molecule has 0 aliphatic heterocycles. The van der Waals surface area contributed by atoms with Gasteiger partial charge in [0.25, 0.3) is 0 Å². The zero-order valence-electron chi connectivity index (χ0n) is 15.1. The Bertz CT molecular complexity index is 1080. The maximum absolute atomic E-state index is 12.6. The van der Waals surface area contributed by atoms with Gasteiger partial charge in [-0.05, 0) is 48.0 Å². The second kappa shape index (κ2) is 8.12. The minimum atomic E-state index is -4.34. The number of fused-ring (bicyclic) bond motifs is 1. The standard InChI is InChI=1S/C20H17F3N4OS/c21-20(22,23)14-2-4-15(5-3-14)28-10-8-13-1-6-17-16(11-13)18(12-24-17)27-29-19-7-9-25-26-19/h1-7,9,11-12,24,27H,8,10H2,(H,25,26). The number of rotatable bonds is 7. The van der Waals surface area contributed by atoms with Crippen molar-refractivity contribution in [1.82, 2.24) is 15.2 Å². The Morgan fingerprint density at radius 2 is 1.90 bits per heavy atom. The summed E-state index contributed by atoms with van der Waals surface area (Å²) in [5.74, 6) is 0.416. The average Bonchev–Trinajstić information content (AvgIpc) is 3.35. The van der Waals surface area contributed by atoms with E-state index in [0.717, 1.165) is 39.3 Å². The molecule has 0 aliphatic carbocycles. The molecule has 0 saturated carbocycles. The lowest BCUT2D eigenvalue weighted by Crippen LogP contribution is -2.05. The van der Waals surface area contributed by atoms with Crippen LogP contribution < -0.4 is 9.46 Å². The highest BCUT2D eigenvalue weighted by Gasteiger charge is 2.29. The van der Waals surface area contributed by atoms with Gasteiger partial charge in [-0.15, -0.1) is 0 Å². The van der Waals surface area contributed by atoms with Crippen LogP contribution in [0.25, 0.3) is 10.9 Å². The molecule has 0 atom stereocenters. The molecule has 5 nitrogen and oxygen atoms in total. The maximum atomic E-state index is 12.6.